The van der Waals surface area contributed by atoms with Gasteiger partial charge in [0.25, 0.3) is 0 Å². The third-order valence-corrected chi connectivity index (χ3v) is 2.47. The van der Waals surface area contributed by atoms with Crippen molar-refractivity contribution in [2.45, 2.75) is 38.5 Å². The van der Waals surface area contributed by atoms with Crippen molar-refractivity contribution >= 4 is 5.97 Å². The summed E-state index contributed by atoms with van der Waals surface area (Å²) >= 11 is 0. The normalized spacial score (nSPS) is 15.8. The fraction of sp³-hybridized carbons (Fsp3) is 0.600. The maximum Gasteiger partial charge on any atom is 0.358 e. The minimum absolute atomic E-state index is 0.105. The highest BCUT2D eigenvalue weighted by Crippen LogP contribution is 2.42. The summed E-state index contributed by atoms with van der Waals surface area (Å²) in [6.07, 6.45) is 3.87. The van der Waals surface area contributed by atoms with E-state index in [4.69, 9.17) is 9.63 Å². The Balaban J connectivity index is 2.35. The van der Waals surface area contributed by atoms with Gasteiger partial charge in [-0.1, -0.05) is 18.5 Å². The quantitative estimate of drug-likeness (QED) is 0.799. The van der Waals surface area contributed by atoms with Crippen molar-refractivity contribution in [3.8, 4) is 0 Å². The van der Waals surface area contributed by atoms with Gasteiger partial charge in [-0.15, -0.1) is 0 Å². The molecule has 1 aliphatic rings. The number of aromatic nitrogens is 1. The van der Waals surface area contributed by atoms with Gasteiger partial charge in [0.1, 0.15) is 5.76 Å². The zero-order chi connectivity index (χ0) is 10.1. The Labute approximate surface area is 81.9 Å². The zero-order valence-electron chi connectivity index (χ0n) is 8.12. The molecule has 4 heteroatoms. The fourth-order valence-electron chi connectivity index (χ4n) is 1.65. The van der Waals surface area contributed by atoms with Gasteiger partial charge in [0.05, 0.1) is 0 Å². The maximum atomic E-state index is 10.8. The lowest BCUT2D eigenvalue weighted by Gasteiger charge is -1.97. The monoisotopic (exact) mass is 195 g/mol. The Morgan fingerprint density at radius 3 is 2.86 bits per heavy atom. The lowest BCUT2D eigenvalue weighted by atomic mass is 10.1. The van der Waals surface area contributed by atoms with E-state index in [-0.39, 0.29) is 5.69 Å². The van der Waals surface area contributed by atoms with Crippen LogP contribution in [0.25, 0.3) is 0 Å². The SMILES string of the molecule is CCCc1c(C(=O)O)noc1C1CC1. The smallest absolute Gasteiger partial charge is 0.358 e. The van der Waals surface area contributed by atoms with E-state index < -0.39 is 5.97 Å². The summed E-state index contributed by atoms with van der Waals surface area (Å²) in [5, 5.41) is 12.5. The molecule has 1 heterocycles. The number of carboxylic acids is 1. The summed E-state index contributed by atoms with van der Waals surface area (Å²) in [4.78, 5) is 10.8. The first-order valence-electron chi connectivity index (χ1n) is 4.95. The van der Waals surface area contributed by atoms with Gasteiger partial charge >= 0.3 is 5.97 Å². The van der Waals surface area contributed by atoms with E-state index in [0.29, 0.717) is 5.92 Å². The van der Waals surface area contributed by atoms with Crippen molar-refractivity contribution in [1.29, 1.82) is 0 Å². The molecule has 14 heavy (non-hydrogen) atoms. The molecule has 0 atom stereocenters. The van der Waals surface area contributed by atoms with Gasteiger partial charge in [0.15, 0.2) is 5.69 Å². The molecule has 1 fully saturated rings. The molecule has 0 saturated heterocycles. The van der Waals surface area contributed by atoms with Crippen LogP contribution in [0.4, 0.5) is 0 Å². The fourth-order valence-corrected chi connectivity index (χ4v) is 1.65. The number of nitrogens with zero attached hydrogens (tertiary/aromatic N) is 1. The van der Waals surface area contributed by atoms with Gasteiger partial charge in [-0.05, 0) is 19.3 Å². The lowest BCUT2D eigenvalue weighted by molar-refractivity contribution is 0.0684. The van der Waals surface area contributed by atoms with Gasteiger partial charge < -0.3 is 9.63 Å². The second-order valence-electron chi connectivity index (χ2n) is 3.70. The molecule has 0 radical (unpaired) electrons. The van der Waals surface area contributed by atoms with Crippen LogP contribution in [0.15, 0.2) is 4.52 Å². The summed E-state index contributed by atoms with van der Waals surface area (Å²) in [5.74, 6) is 0.255. The summed E-state index contributed by atoms with van der Waals surface area (Å²) in [7, 11) is 0. The number of hydrogen-bond acceptors (Lipinski definition) is 3. The number of aromatic carboxylic acids is 1. The molecule has 1 N–H and O–H groups in total. The van der Waals surface area contributed by atoms with Gasteiger partial charge in [-0.25, -0.2) is 4.79 Å². The summed E-state index contributed by atoms with van der Waals surface area (Å²) in [6, 6.07) is 0. The van der Waals surface area contributed by atoms with Crippen LogP contribution in [-0.4, -0.2) is 16.2 Å². The van der Waals surface area contributed by atoms with Crippen molar-refractivity contribution in [3.05, 3.63) is 17.0 Å². The average molecular weight is 195 g/mol. The topological polar surface area (TPSA) is 63.3 Å². The predicted octanol–water partition coefficient (Wildman–Crippen LogP) is 2.20. The van der Waals surface area contributed by atoms with E-state index in [1.807, 2.05) is 6.92 Å². The molecule has 1 aromatic rings. The van der Waals surface area contributed by atoms with E-state index >= 15 is 0 Å². The highest BCUT2D eigenvalue weighted by atomic mass is 16.5. The predicted molar refractivity (Wildman–Crippen MR) is 49.4 cm³/mol. The molecule has 76 valence electrons. The largest absolute Gasteiger partial charge is 0.476 e. The Hall–Kier alpha value is -1.32. The number of carbonyl (C=O) groups is 1. The summed E-state index contributed by atoms with van der Waals surface area (Å²) in [6.45, 7) is 2.02. The molecule has 0 spiro atoms. The molecule has 2 rings (SSSR count). The van der Waals surface area contributed by atoms with E-state index in [1.165, 1.54) is 0 Å². The van der Waals surface area contributed by atoms with E-state index in [9.17, 15) is 4.79 Å². The van der Waals surface area contributed by atoms with Crippen molar-refractivity contribution < 1.29 is 14.4 Å². The molecular formula is C10H13NO3. The first kappa shape index (κ1) is 9.24. The lowest BCUT2D eigenvalue weighted by Crippen LogP contribution is -2.02. The average Bonchev–Trinajstić information content (AvgIpc) is 2.89. The number of rotatable bonds is 4. The summed E-state index contributed by atoms with van der Waals surface area (Å²) < 4.78 is 5.10. The van der Waals surface area contributed by atoms with Crippen LogP contribution in [0.5, 0.6) is 0 Å². The molecular weight excluding hydrogens is 182 g/mol. The zero-order valence-corrected chi connectivity index (χ0v) is 8.12. The molecule has 0 bridgehead atoms. The van der Waals surface area contributed by atoms with Gasteiger partial charge in [-0.2, -0.15) is 0 Å². The molecule has 0 unspecified atom stereocenters. The highest BCUT2D eigenvalue weighted by Gasteiger charge is 2.33. The van der Waals surface area contributed by atoms with Gasteiger partial charge in [-0.3, -0.25) is 0 Å². The van der Waals surface area contributed by atoms with Crippen molar-refractivity contribution in [1.82, 2.24) is 5.16 Å². The molecule has 4 nitrogen and oxygen atoms in total. The van der Waals surface area contributed by atoms with E-state index in [1.54, 1.807) is 0 Å². The Morgan fingerprint density at radius 2 is 2.36 bits per heavy atom. The Bertz CT molecular complexity index is 352. The first-order valence-corrected chi connectivity index (χ1v) is 4.95. The van der Waals surface area contributed by atoms with Gasteiger partial charge in [0, 0.05) is 11.5 Å². The van der Waals surface area contributed by atoms with Crippen LogP contribution in [0.2, 0.25) is 0 Å². The summed E-state index contributed by atoms with van der Waals surface area (Å²) in [5.41, 5.74) is 0.913. The molecule has 0 amide bonds. The Kier molecular flexibility index (Phi) is 2.27. The number of carboxylic acid groups (broad SMARTS) is 1. The second kappa shape index (κ2) is 3.44. The standard InChI is InChI=1S/C10H13NO3/c1-2-3-7-8(10(12)13)11-14-9(7)6-4-5-6/h6H,2-5H2,1H3,(H,12,13). The minimum Gasteiger partial charge on any atom is -0.476 e. The third-order valence-electron chi connectivity index (χ3n) is 2.47. The molecule has 1 aromatic heterocycles. The van der Waals surface area contributed by atoms with E-state index in [2.05, 4.69) is 5.16 Å². The Morgan fingerprint density at radius 1 is 1.64 bits per heavy atom. The minimum atomic E-state index is -0.982. The van der Waals surface area contributed by atoms with Crippen molar-refractivity contribution in [2.75, 3.05) is 0 Å². The maximum absolute atomic E-state index is 10.8. The van der Waals surface area contributed by atoms with Crippen LogP contribution >= 0.6 is 0 Å². The molecule has 1 saturated carbocycles. The van der Waals surface area contributed by atoms with Crippen LogP contribution < -0.4 is 0 Å². The van der Waals surface area contributed by atoms with Crippen LogP contribution in [-0.2, 0) is 6.42 Å². The van der Waals surface area contributed by atoms with Gasteiger partial charge in [0.2, 0.25) is 0 Å². The first-order chi connectivity index (χ1) is 6.74. The van der Waals surface area contributed by atoms with Crippen molar-refractivity contribution in [3.63, 3.8) is 0 Å². The molecule has 0 aliphatic heterocycles. The number of hydrogen-bond donors (Lipinski definition) is 1. The van der Waals surface area contributed by atoms with E-state index in [0.717, 1.165) is 37.0 Å². The molecule has 1 aliphatic carbocycles. The van der Waals surface area contributed by atoms with Crippen LogP contribution in [0, 0.1) is 0 Å². The van der Waals surface area contributed by atoms with Crippen LogP contribution in [0.3, 0.4) is 0 Å². The van der Waals surface area contributed by atoms with Crippen molar-refractivity contribution in [2.24, 2.45) is 0 Å². The van der Waals surface area contributed by atoms with Crippen LogP contribution in [0.1, 0.15) is 53.9 Å². The highest BCUT2D eigenvalue weighted by molar-refractivity contribution is 5.87. The second-order valence-corrected chi connectivity index (χ2v) is 3.70. The molecule has 0 aromatic carbocycles. The third kappa shape index (κ3) is 1.52.